The Labute approximate surface area is 192 Å². The van der Waals surface area contributed by atoms with Gasteiger partial charge < -0.3 is 5.32 Å². The van der Waals surface area contributed by atoms with Crippen molar-refractivity contribution in [2.75, 3.05) is 5.75 Å². The molecule has 1 aliphatic rings. The summed E-state index contributed by atoms with van der Waals surface area (Å²) in [5.41, 5.74) is 1.58. The summed E-state index contributed by atoms with van der Waals surface area (Å²) in [6, 6.07) is 13.8. The lowest BCUT2D eigenvalue weighted by Crippen LogP contribution is -2.34. The number of nitrogens with one attached hydrogen (secondary N) is 1. The first kappa shape index (κ1) is 20.5. The Bertz CT molecular complexity index is 1260. The number of carbonyl (C=O) groups excluding carboxylic acids is 1. The third-order valence-electron chi connectivity index (χ3n) is 5.43. The van der Waals surface area contributed by atoms with E-state index in [9.17, 15) is 9.59 Å². The Morgan fingerprint density at radius 2 is 1.94 bits per heavy atom. The summed E-state index contributed by atoms with van der Waals surface area (Å²) < 4.78 is 1.64. The number of aromatic nitrogens is 2. The normalized spacial score (nSPS) is 14.3. The zero-order valence-electron chi connectivity index (χ0n) is 16.7. The minimum atomic E-state index is -0.0976. The molecule has 5 rings (SSSR count). The highest BCUT2D eigenvalue weighted by molar-refractivity contribution is 7.99. The van der Waals surface area contributed by atoms with Crippen LogP contribution in [-0.4, -0.2) is 27.3 Å². The third-order valence-corrected chi connectivity index (χ3v) is 8.14. The summed E-state index contributed by atoms with van der Waals surface area (Å²) >= 11 is 4.40. The van der Waals surface area contributed by atoms with Gasteiger partial charge in [0, 0.05) is 21.9 Å². The first-order valence-electron chi connectivity index (χ1n) is 10.3. The Morgan fingerprint density at radius 1 is 1.13 bits per heavy atom. The average molecular weight is 468 g/mol. The van der Waals surface area contributed by atoms with E-state index in [1.54, 1.807) is 15.9 Å². The Morgan fingerprint density at radius 3 is 2.68 bits per heavy atom. The van der Waals surface area contributed by atoms with Crippen LogP contribution in [0.3, 0.4) is 0 Å². The van der Waals surface area contributed by atoms with Crippen LogP contribution in [0.15, 0.2) is 63.2 Å². The van der Waals surface area contributed by atoms with E-state index in [0.29, 0.717) is 15.4 Å². The van der Waals surface area contributed by atoms with Gasteiger partial charge in [0.1, 0.15) is 4.83 Å². The SMILES string of the molecule is O=C(CSc1nc2scc(-c3cccs3)c2c(=O)n1-c1ccccc1)NC1CCCC1. The fourth-order valence-corrected chi connectivity index (χ4v) is 6.58. The second kappa shape index (κ2) is 8.98. The molecule has 158 valence electrons. The van der Waals surface area contributed by atoms with Crippen molar-refractivity contribution < 1.29 is 4.79 Å². The monoisotopic (exact) mass is 467 g/mol. The van der Waals surface area contributed by atoms with Crippen molar-refractivity contribution in [3.8, 4) is 16.1 Å². The predicted octanol–water partition coefficient (Wildman–Crippen LogP) is 5.33. The molecule has 1 saturated carbocycles. The van der Waals surface area contributed by atoms with E-state index in [4.69, 9.17) is 4.98 Å². The van der Waals surface area contributed by atoms with E-state index < -0.39 is 0 Å². The Kier molecular flexibility index (Phi) is 5.93. The number of thioether (sulfide) groups is 1. The quantitative estimate of drug-likeness (QED) is 0.308. The minimum absolute atomic E-state index is 0.00342. The van der Waals surface area contributed by atoms with Crippen LogP contribution >= 0.6 is 34.4 Å². The highest BCUT2D eigenvalue weighted by Crippen LogP contribution is 2.35. The van der Waals surface area contributed by atoms with Crippen molar-refractivity contribution >= 4 is 50.6 Å². The maximum Gasteiger partial charge on any atom is 0.268 e. The molecule has 5 nitrogen and oxygen atoms in total. The van der Waals surface area contributed by atoms with Crippen LogP contribution in [0.5, 0.6) is 0 Å². The highest BCUT2D eigenvalue weighted by Gasteiger charge is 2.21. The van der Waals surface area contributed by atoms with Gasteiger partial charge in [-0.25, -0.2) is 4.98 Å². The number of fused-ring (bicyclic) bond motifs is 1. The molecule has 8 heteroatoms. The smallest absolute Gasteiger partial charge is 0.268 e. The van der Waals surface area contributed by atoms with Crippen LogP contribution in [0.1, 0.15) is 25.7 Å². The number of hydrogen-bond acceptors (Lipinski definition) is 6. The lowest BCUT2D eigenvalue weighted by molar-refractivity contribution is -0.119. The molecular weight excluding hydrogens is 446 g/mol. The summed E-state index contributed by atoms with van der Waals surface area (Å²) in [4.78, 5) is 32.7. The number of benzene rings is 1. The van der Waals surface area contributed by atoms with Crippen LogP contribution in [0, 0.1) is 0 Å². The van der Waals surface area contributed by atoms with Gasteiger partial charge in [-0.05, 0) is 36.4 Å². The fourth-order valence-electron chi connectivity index (χ4n) is 3.96. The first-order valence-corrected chi connectivity index (χ1v) is 13.0. The molecule has 0 radical (unpaired) electrons. The van der Waals surface area contributed by atoms with Gasteiger partial charge in [-0.3, -0.25) is 14.2 Å². The van der Waals surface area contributed by atoms with Crippen LogP contribution in [0.25, 0.3) is 26.3 Å². The maximum absolute atomic E-state index is 13.7. The van der Waals surface area contributed by atoms with Gasteiger partial charge in [0.25, 0.3) is 5.56 Å². The van der Waals surface area contributed by atoms with Crippen LogP contribution in [-0.2, 0) is 4.79 Å². The number of para-hydroxylation sites is 1. The molecule has 0 saturated heterocycles. The Hall–Kier alpha value is -2.42. The number of thiophene rings is 2. The molecule has 0 spiro atoms. The number of carbonyl (C=O) groups is 1. The first-order chi connectivity index (χ1) is 15.2. The van der Waals surface area contributed by atoms with E-state index >= 15 is 0 Å². The van der Waals surface area contributed by atoms with Gasteiger partial charge in [-0.1, -0.05) is 48.9 Å². The molecule has 31 heavy (non-hydrogen) atoms. The van der Waals surface area contributed by atoms with Gasteiger partial charge in [-0.15, -0.1) is 22.7 Å². The molecule has 0 atom stereocenters. The second-order valence-electron chi connectivity index (χ2n) is 7.51. The average Bonchev–Trinajstić information content (AvgIpc) is 3.54. The van der Waals surface area contributed by atoms with Crippen molar-refractivity contribution in [2.24, 2.45) is 0 Å². The molecular formula is C23H21N3O2S3. The molecule has 3 aromatic heterocycles. The Balaban J connectivity index is 1.54. The summed E-state index contributed by atoms with van der Waals surface area (Å²) in [5.74, 6) is 0.237. The van der Waals surface area contributed by atoms with E-state index in [1.807, 2.05) is 53.2 Å². The number of nitrogens with zero attached hydrogens (tertiary/aromatic N) is 2. The number of hydrogen-bond donors (Lipinski definition) is 1. The number of rotatable bonds is 6. The summed E-state index contributed by atoms with van der Waals surface area (Å²) in [5, 5.41) is 8.30. The summed E-state index contributed by atoms with van der Waals surface area (Å²) in [7, 11) is 0. The molecule has 1 fully saturated rings. The topological polar surface area (TPSA) is 64.0 Å². The third kappa shape index (κ3) is 4.20. The molecule has 0 unspecified atom stereocenters. The predicted molar refractivity (Wildman–Crippen MR) is 130 cm³/mol. The minimum Gasteiger partial charge on any atom is -0.353 e. The molecule has 3 heterocycles. The van der Waals surface area contributed by atoms with E-state index in [1.165, 1.54) is 35.9 Å². The van der Waals surface area contributed by atoms with Crippen LogP contribution in [0.4, 0.5) is 0 Å². The van der Waals surface area contributed by atoms with Crippen LogP contribution < -0.4 is 10.9 Å². The van der Waals surface area contributed by atoms with Crippen molar-refractivity contribution in [3.05, 3.63) is 63.6 Å². The van der Waals surface area contributed by atoms with Crippen molar-refractivity contribution in [1.82, 2.24) is 14.9 Å². The number of amides is 1. The lowest BCUT2D eigenvalue weighted by Gasteiger charge is -2.14. The van der Waals surface area contributed by atoms with E-state index in [0.717, 1.165) is 29.0 Å². The van der Waals surface area contributed by atoms with E-state index in [2.05, 4.69) is 5.32 Å². The lowest BCUT2D eigenvalue weighted by atomic mass is 10.2. The van der Waals surface area contributed by atoms with Crippen molar-refractivity contribution in [1.29, 1.82) is 0 Å². The molecule has 1 N–H and O–H groups in total. The zero-order valence-corrected chi connectivity index (χ0v) is 19.2. The van der Waals surface area contributed by atoms with Gasteiger partial charge in [0.2, 0.25) is 5.91 Å². The summed E-state index contributed by atoms with van der Waals surface area (Å²) in [6.45, 7) is 0. The van der Waals surface area contributed by atoms with Gasteiger partial charge in [-0.2, -0.15) is 0 Å². The molecule has 1 amide bonds. The molecule has 0 aliphatic heterocycles. The van der Waals surface area contributed by atoms with Gasteiger partial charge in [0.15, 0.2) is 5.16 Å². The second-order valence-corrected chi connectivity index (χ2v) is 10.3. The van der Waals surface area contributed by atoms with Crippen molar-refractivity contribution in [2.45, 2.75) is 36.9 Å². The largest absolute Gasteiger partial charge is 0.353 e. The standard InChI is InChI=1S/C23H21N3O2S3/c27-19(24-15-7-4-5-8-15)14-31-23-25-21-20(17(13-30-21)18-11-6-12-29-18)22(28)26(23)16-9-2-1-3-10-16/h1-3,6,9-13,15H,4-5,7-8,14H2,(H,24,27). The van der Waals surface area contributed by atoms with Gasteiger partial charge >= 0.3 is 0 Å². The molecule has 1 aromatic carbocycles. The van der Waals surface area contributed by atoms with E-state index in [-0.39, 0.29) is 23.3 Å². The maximum atomic E-state index is 13.7. The molecule has 1 aliphatic carbocycles. The van der Waals surface area contributed by atoms with Gasteiger partial charge in [0.05, 0.1) is 16.8 Å². The zero-order chi connectivity index (χ0) is 21.2. The summed E-state index contributed by atoms with van der Waals surface area (Å²) in [6.07, 6.45) is 4.45. The van der Waals surface area contributed by atoms with Crippen LogP contribution in [0.2, 0.25) is 0 Å². The molecule has 0 bridgehead atoms. The highest BCUT2D eigenvalue weighted by atomic mass is 32.2. The van der Waals surface area contributed by atoms with Crippen molar-refractivity contribution in [3.63, 3.8) is 0 Å². The fraction of sp³-hybridized carbons (Fsp3) is 0.261. The molecule has 4 aromatic rings.